The molecule has 2 rings (SSSR count). The Kier molecular flexibility index (Phi) is 3.36. The minimum atomic E-state index is -3.50. The summed E-state index contributed by atoms with van der Waals surface area (Å²) in [4.78, 5) is 11.5. The summed E-state index contributed by atoms with van der Waals surface area (Å²) in [5.41, 5.74) is 4.75. The van der Waals surface area contributed by atoms with Crippen molar-refractivity contribution in [2.24, 2.45) is 11.1 Å². The molecule has 19 heavy (non-hydrogen) atoms. The first-order valence-electron chi connectivity index (χ1n) is 5.63. The van der Waals surface area contributed by atoms with Crippen LogP contribution < -0.4 is 5.73 Å². The van der Waals surface area contributed by atoms with E-state index in [1.54, 1.807) is 24.3 Å². The van der Waals surface area contributed by atoms with Crippen LogP contribution in [0.3, 0.4) is 0 Å². The summed E-state index contributed by atoms with van der Waals surface area (Å²) in [6, 6.07) is 6.51. The molecule has 1 aliphatic rings. The van der Waals surface area contributed by atoms with Gasteiger partial charge in [-0.3, -0.25) is 4.79 Å². The molecule has 7 heteroatoms. The van der Waals surface area contributed by atoms with Gasteiger partial charge in [0.15, 0.2) is 9.84 Å². The molecule has 3 N–H and O–H groups in total. The van der Waals surface area contributed by atoms with Gasteiger partial charge in [-0.2, -0.15) is 0 Å². The first kappa shape index (κ1) is 14.3. The summed E-state index contributed by atoms with van der Waals surface area (Å²) in [6.45, 7) is -0.215. The van der Waals surface area contributed by atoms with E-state index >= 15 is 0 Å². The maximum Gasteiger partial charge on any atom is 0.312 e. The topological polar surface area (TPSA) is 97.5 Å². The smallest absolute Gasteiger partial charge is 0.312 e. The quantitative estimate of drug-likeness (QED) is 0.860. The van der Waals surface area contributed by atoms with E-state index < -0.39 is 32.4 Å². The van der Waals surface area contributed by atoms with Crippen LogP contribution in [-0.4, -0.2) is 37.5 Å². The van der Waals surface area contributed by atoms with Gasteiger partial charge in [0.05, 0.1) is 5.25 Å². The van der Waals surface area contributed by atoms with Gasteiger partial charge in [-0.05, 0) is 17.7 Å². The fourth-order valence-corrected chi connectivity index (χ4v) is 4.81. The zero-order chi connectivity index (χ0) is 14.4. The molecule has 0 saturated heterocycles. The monoisotopic (exact) mass is 303 g/mol. The third-order valence-electron chi connectivity index (χ3n) is 3.68. The van der Waals surface area contributed by atoms with E-state index in [0.717, 1.165) is 6.26 Å². The van der Waals surface area contributed by atoms with E-state index in [1.165, 1.54) is 0 Å². The van der Waals surface area contributed by atoms with Crippen molar-refractivity contribution in [3.63, 3.8) is 0 Å². The van der Waals surface area contributed by atoms with Gasteiger partial charge in [-0.15, -0.1) is 0 Å². The van der Waals surface area contributed by atoms with E-state index in [4.69, 9.17) is 17.3 Å². The highest BCUT2D eigenvalue weighted by molar-refractivity contribution is 7.91. The molecule has 1 saturated carbocycles. The molecule has 0 spiro atoms. The van der Waals surface area contributed by atoms with Gasteiger partial charge in [0.25, 0.3) is 0 Å². The average molecular weight is 304 g/mol. The number of carbonyl (C=O) groups is 1. The highest BCUT2D eigenvalue weighted by Crippen LogP contribution is 2.62. The van der Waals surface area contributed by atoms with E-state index in [9.17, 15) is 18.3 Å². The van der Waals surface area contributed by atoms with Crippen LogP contribution in [0, 0.1) is 5.41 Å². The molecule has 0 heterocycles. The van der Waals surface area contributed by atoms with Crippen molar-refractivity contribution < 1.29 is 18.3 Å². The molecular formula is C12H14ClNO4S. The van der Waals surface area contributed by atoms with Gasteiger partial charge in [-0.25, -0.2) is 8.42 Å². The van der Waals surface area contributed by atoms with Crippen LogP contribution in [0.15, 0.2) is 24.3 Å². The molecule has 1 fully saturated rings. The van der Waals surface area contributed by atoms with Crippen LogP contribution >= 0.6 is 11.6 Å². The second kappa shape index (κ2) is 4.47. The first-order chi connectivity index (χ1) is 8.75. The summed E-state index contributed by atoms with van der Waals surface area (Å²) in [7, 11) is -3.50. The molecule has 1 aliphatic carbocycles. The van der Waals surface area contributed by atoms with Crippen LogP contribution in [-0.2, 0) is 14.6 Å². The number of sulfone groups is 1. The predicted octanol–water partition coefficient (Wildman–Crippen LogP) is 0.880. The van der Waals surface area contributed by atoms with Crippen LogP contribution in [0.1, 0.15) is 11.5 Å². The Bertz CT molecular complexity index is 613. The summed E-state index contributed by atoms with van der Waals surface area (Å²) in [5, 5.41) is 8.88. The molecular weight excluding hydrogens is 290 g/mol. The lowest BCUT2D eigenvalue weighted by Gasteiger charge is -2.09. The Morgan fingerprint density at radius 3 is 2.26 bits per heavy atom. The van der Waals surface area contributed by atoms with Crippen molar-refractivity contribution in [3.05, 3.63) is 34.9 Å². The number of halogens is 1. The summed E-state index contributed by atoms with van der Waals surface area (Å²) < 4.78 is 23.6. The fourth-order valence-electron chi connectivity index (χ4n) is 2.76. The Balaban J connectivity index is 2.50. The standard InChI is InChI=1S/C12H14ClNO4S/c1-19(17,18)10-9(12(10,6-14)11(15)16)7-2-4-8(13)5-3-7/h2-5,9-10H,6,14H2,1H3,(H,15,16)/t9-,10-,12+/m1/s1. The van der Waals surface area contributed by atoms with E-state index in [2.05, 4.69) is 0 Å². The van der Waals surface area contributed by atoms with Crippen molar-refractivity contribution in [1.29, 1.82) is 0 Å². The molecule has 5 nitrogen and oxygen atoms in total. The largest absolute Gasteiger partial charge is 0.481 e. The van der Waals surface area contributed by atoms with Gasteiger partial charge < -0.3 is 10.8 Å². The Morgan fingerprint density at radius 1 is 1.42 bits per heavy atom. The van der Waals surface area contributed by atoms with Gasteiger partial charge in [0.1, 0.15) is 5.41 Å². The van der Waals surface area contributed by atoms with Crippen LogP contribution in [0.2, 0.25) is 5.02 Å². The lowest BCUT2D eigenvalue weighted by molar-refractivity contribution is -0.143. The molecule has 0 bridgehead atoms. The number of hydrogen-bond acceptors (Lipinski definition) is 4. The van der Waals surface area contributed by atoms with Crippen LogP contribution in [0.4, 0.5) is 0 Å². The van der Waals surface area contributed by atoms with Crippen molar-refractivity contribution in [2.45, 2.75) is 11.2 Å². The number of aliphatic carboxylic acids is 1. The second-order valence-electron chi connectivity index (χ2n) is 4.83. The van der Waals surface area contributed by atoms with Gasteiger partial charge in [0.2, 0.25) is 0 Å². The highest BCUT2D eigenvalue weighted by atomic mass is 35.5. The summed E-state index contributed by atoms with van der Waals surface area (Å²) in [5.74, 6) is -1.80. The lowest BCUT2D eigenvalue weighted by atomic mass is 9.99. The van der Waals surface area contributed by atoms with E-state index in [0.29, 0.717) is 10.6 Å². The Hall–Kier alpha value is -1.11. The predicted molar refractivity (Wildman–Crippen MR) is 71.9 cm³/mol. The molecule has 3 atom stereocenters. The number of carboxylic acid groups (broad SMARTS) is 1. The fraction of sp³-hybridized carbons (Fsp3) is 0.417. The summed E-state index contributed by atoms with van der Waals surface area (Å²) >= 11 is 5.77. The molecule has 0 amide bonds. The van der Waals surface area contributed by atoms with Crippen molar-refractivity contribution >= 4 is 27.4 Å². The van der Waals surface area contributed by atoms with Crippen molar-refractivity contribution in [3.8, 4) is 0 Å². The highest BCUT2D eigenvalue weighted by Gasteiger charge is 2.74. The lowest BCUT2D eigenvalue weighted by Crippen LogP contribution is -2.31. The molecule has 0 radical (unpaired) electrons. The minimum Gasteiger partial charge on any atom is -0.481 e. The first-order valence-corrected chi connectivity index (χ1v) is 7.96. The average Bonchev–Trinajstić information content (AvgIpc) is 3.00. The normalized spacial score (nSPS) is 30.1. The second-order valence-corrected chi connectivity index (χ2v) is 7.43. The van der Waals surface area contributed by atoms with E-state index in [-0.39, 0.29) is 6.54 Å². The number of benzene rings is 1. The Morgan fingerprint density at radius 2 is 1.95 bits per heavy atom. The van der Waals surface area contributed by atoms with Gasteiger partial charge in [0, 0.05) is 23.7 Å². The third-order valence-corrected chi connectivity index (χ3v) is 5.55. The van der Waals surface area contributed by atoms with E-state index in [1.807, 2.05) is 0 Å². The minimum absolute atomic E-state index is 0.215. The van der Waals surface area contributed by atoms with Crippen LogP contribution in [0.5, 0.6) is 0 Å². The van der Waals surface area contributed by atoms with Crippen LogP contribution in [0.25, 0.3) is 0 Å². The number of carboxylic acids is 1. The third kappa shape index (κ3) is 2.13. The number of hydrogen-bond donors (Lipinski definition) is 2. The molecule has 1 aromatic carbocycles. The van der Waals surface area contributed by atoms with Gasteiger partial charge >= 0.3 is 5.97 Å². The molecule has 0 unspecified atom stereocenters. The zero-order valence-electron chi connectivity index (χ0n) is 10.2. The molecule has 0 aliphatic heterocycles. The number of rotatable bonds is 4. The number of nitrogens with two attached hydrogens (primary N) is 1. The summed E-state index contributed by atoms with van der Waals surface area (Å²) in [6.07, 6.45) is 1.04. The zero-order valence-corrected chi connectivity index (χ0v) is 11.8. The van der Waals surface area contributed by atoms with Crippen molar-refractivity contribution in [1.82, 2.24) is 0 Å². The maximum absolute atomic E-state index is 11.8. The molecule has 1 aromatic rings. The SMILES string of the molecule is CS(=O)(=O)[C@@H]1[C@@H](c2ccc(Cl)cc2)[C@]1(CN)C(=O)O. The molecule has 104 valence electrons. The maximum atomic E-state index is 11.8. The van der Waals surface area contributed by atoms with Gasteiger partial charge in [-0.1, -0.05) is 23.7 Å². The van der Waals surface area contributed by atoms with Crippen molar-refractivity contribution in [2.75, 3.05) is 12.8 Å². The molecule has 0 aromatic heterocycles. The Labute approximate surface area is 116 Å².